The Kier molecular flexibility index (Phi) is 6.79. The molecule has 21 heavy (non-hydrogen) atoms. The lowest BCUT2D eigenvalue weighted by molar-refractivity contribution is 0.420. The molecular formula is C21H30. The number of hydrogen-bond donors (Lipinski definition) is 0. The summed E-state index contributed by atoms with van der Waals surface area (Å²) in [6.07, 6.45) is 17.8. The Bertz CT molecular complexity index is 455. The molecule has 0 saturated heterocycles. The molecule has 0 heteroatoms. The predicted molar refractivity (Wildman–Crippen MR) is 94.4 cm³/mol. The number of rotatable bonds is 6. The molecule has 1 aromatic rings. The molecule has 1 aliphatic rings. The van der Waals surface area contributed by atoms with Crippen LogP contribution in [0.1, 0.15) is 69.4 Å². The van der Waals surface area contributed by atoms with E-state index >= 15 is 0 Å². The zero-order chi connectivity index (χ0) is 14.9. The van der Waals surface area contributed by atoms with Crippen LogP contribution < -0.4 is 0 Å². The second-order valence-electron chi connectivity index (χ2n) is 6.42. The molecule has 0 nitrogen and oxygen atoms in total. The zero-order valence-corrected chi connectivity index (χ0v) is 13.8. The van der Waals surface area contributed by atoms with Gasteiger partial charge in [-0.25, -0.2) is 0 Å². The van der Waals surface area contributed by atoms with Gasteiger partial charge in [-0.1, -0.05) is 80.7 Å². The van der Waals surface area contributed by atoms with Gasteiger partial charge in [0.05, 0.1) is 0 Å². The lowest BCUT2D eigenvalue weighted by atomic mass is 9.86. The standard InChI is InChI=1S/C21H30/c1-3-4-5-9-12-21(17-19-10-7-6-8-11-19)20-15-13-18(2)14-16-20/h5,9,13-17,19H,3-4,6-8,10-12H2,1-2H3/b9-5+,21-17+. The first-order valence-corrected chi connectivity index (χ1v) is 8.72. The van der Waals surface area contributed by atoms with Gasteiger partial charge in [0.25, 0.3) is 0 Å². The second-order valence-corrected chi connectivity index (χ2v) is 6.42. The van der Waals surface area contributed by atoms with Crippen molar-refractivity contribution in [2.45, 2.75) is 65.2 Å². The van der Waals surface area contributed by atoms with Gasteiger partial charge in [0.15, 0.2) is 0 Å². The summed E-state index contributed by atoms with van der Waals surface area (Å²) in [6, 6.07) is 9.05. The van der Waals surface area contributed by atoms with E-state index in [4.69, 9.17) is 0 Å². The van der Waals surface area contributed by atoms with Crippen molar-refractivity contribution in [1.82, 2.24) is 0 Å². The zero-order valence-electron chi connectivity index (χ0n) is 13.8. The molecule has 0 bridgehead atoms. The maximum atomic E-state index is 2.57. The summed E-state index contributed by atoms with van der Waals surface area (Å²) >= 11 is 0. The third kappa shape index (κ3) is 5.53. The summed E-state index contributed by atoms with van der Waals surface area (Å²) in [5.41, 5.74) is 4.28. The summed E-state index contributed by atoms with van der Waals surface area (Å²) < 4.78 is 0. The second kappa shape index (κ2) is 8.87. The van der Waals surface area contributed by atoms with Crippen LogP contribution in [0, 0.1) is 12.8 Å². The van der Waals surface area contributed by atoms with Crippen LogP contribution in [-0.2, 0) is 0 Å². The Balaban J connectivity index is 2.12. The molecule has 0 aliphatic heterocycles. The van der Waals surface area contributed by atoms with Gasteiger partial charge in [0.2, 0.25) is 0 Å². The molecular weight excluding hydrogens is 252 g/mol. The van der Waals surface area contributed by atoms with E-state index in [2.05, 4.69) is 56.3 Å². The number of unbranched alkanes of at least 4 members (excludes halogenated alkanes) is 1. The van der Waals surface area contributed by atoms with Crippen molar-refractivity contribution in [2.24, 2.45) is 5.92 Å². The average molecular weight is 282 g/mol. The average Bonchev–Trinajstić information content (AvgIpc) is 2.52. The van der Waals surface area contributed by atoms with Crippen molar-refractivity contribution in [1.29, 1.82) is 0 Å². The van der Waals surface area contributed by atoms with E-state index in [1.807, 2.05) is 0 Å². The number of benzene rings is 1. The van der Waals surface area contributed by atoms with Gasteiger partial charge >= 0.3 is 0 Å². The minimum atomic E-state index is 0.801. The lowest BCUT2D eigenvalue weighted by Gasteiger charge is -2.20. The van der Waals surface area contributed by atoms with Crippen LogP contribution in [0.25, 0.3) is 5.57 Å². The fourth-order valence-electron chi connectivity index (χ4n) is 3.13. The van der Waals surface area contributed by atoms with Gasteiger partial charge in [-0.15, -0.1) is 0 Å². The third-order valence-corrected chi connectivity index (χ3v) is 4.47. The summed E-state index contributed by atoms with van der Waals surface area (Å²) in [6.45, 7) is 4.40. The largest absolute Gasteiger partial charge is 0.0882 e. The van der Waals surface area contributed by atoms with Crippen molar-refractivity contribution in [3.8, 4) is 0 Å². The number of hydrogen-bond acceptors (Lipinski definition) is 0. The summed E-state index contributed by atoms with van der Waals surface area (Å²) in [5.74, 6) is 0.801. The van der Waals surface area contributed by atoms with Gasteiger partial charge in [0, 0.05) is 0 Å². The van der Waals surface area contributed by atoms with Gasteiger partial charge < -0.3 is 0 Å². The highest BCUT2D eigenvalue weighted by molar-refractivity contribution is 5.67. The summed E-state index contributed by atoms with van der Waals surface area (Å²) in [5, 5.41) is 0. The molecule has 1 aromatic carbocycles. The van der Waals surface area contributed by atoms with E-state index < -0.39 is 0 Å². The quantitative estimate of drug-likeness (QED) is 0.509. The minimum Gasteiger partial charge on any atom is -0.0882 e. The van der Waals surface area contributed by atoms with E-state index in [9.17, 15) is 0 Å². The first-order chi connectivity index (χ1) is 10.3. The molecule has 0 aromatic heterocycles. The molecule has 114 valence electrons. The van der Waals surface area contributed by atoms with Crippen molar-refractivity contribution in [3.05, 3.63) is 53.6 Å². The van der Waals surface area contributed by atoms with E-state index in [1.165, 1.54) is 61.6 Å². The Morgan fingerprint density at radius 2 is 1.76 bits per heavy atom. The fraction of sp³-hybridized carbons (Fsp3) is 0.524. The maximum Gasteiger partial charge on any atom is -0.00946 e. The molecule has 0 unspecified atom stereocenters. The molecule has 0 heterocycles. The highest BCUT2D eigenvalue weighted by Gasteiger charge is 2.12. The molecule has 1 aliphatic carbocycles. The van der Waals surface area contributed by atoms with Crippen molar-refractivity contribution in [3.63, 3.8) is 0 Å². The van der Waals surface area contributed by atoms with Crippen LogP contribution in [0.4, 0.5) is 0 Å². The van der Waals surface area contributed by atoms with Crippen LogP contribution in [0.5, 0.6) is 0 Å². The predicted octanol–water partition coefficient (Wildman–Crippen LogP) is 6.71. The van der Waals surface area contributed by atoms with Gasteiger partial charge in [-0.3, -0.25) is 0 Å². The first kappa shape index (κ1) is 16.1. The highest BCUT2D eigenvalue weighted by Crippen LogP contribution is 2.29. The van der Waals surface area contributed by atoms with Gasteiger partial charge in [-0.2, -0.15) is 0 Å². The normalized spacial score (nSPS) is 17.5. The number of allylic oxidation sites excluding steroid dienone is 4. The Morgan fingerprint density at radius 3 is 2.43 bits per heavy atom. The van der Waals surface area contributed by atoms with Gasteiger partial charge in [0.1, 0.15) is 0 Å². The maximum absolute atomic E-state index is 2.57. The van der Waals surface area contributed by atoms with Crippen LogP contribution in [0.3, 0.4) is 0 Å². The summed E-state index contributed by atoms with van der Waals surface area (Å²) in [4.78, 5) is 0. The van der Waals surface area contributed by atoms with Crippen LogP contribution in [-0.4, -0.2) is 0 Å². The Hall–Kier alpha value is -1.30. The topological polar surface area (TPSA) is 0 Å². The molecule has 0 N–H and O–H groups in total. The van der Waals surface area contributed by atoms with E-state index in [1.54, 1.807) is 0 Å². The molecule has 0 amide bonds. The Labute approximate surface area is 131 Å². The Morgan fingerprint density at radius 1 is 1.05 bits per heavy atom. The minimum absolute atomic E-state index is 0.801. The summed E-state index contributed by atoms with van der Waals surface area (Å²) in [7, 11) is 0. The fourth-order valence-corrected chi connectivity index (χ4v) is 3.13. The van der Waals surface area contributed by atoms with E-state index in [0.29, 0.717) is 0 Å². The third-order valence-electron chi connectivity index (χ3n) is 4.47. The SMILES string of the molecule is CCC/C=C/C/C(=C\C1CCCCC1)c1ccc(C)cc1. The smallest absolute Gasteiger partial charge is 0.00946 e. The molecule has 0 atom stereocenters. The molecule has 1 fully saturated rings. The number of aryl methyl sites for hydroxylation is 1. The van der Waals surface area contributed by atoms with Crippen LogP contribution in [0.15, 0.2) is 42.5 Å². The lowest BCUT2D eigenvalue weighted by Crippen LogP contribution is -2.03. The molecule has 0 spiro atoms. The van der Waals surface area contributed by atoms with Crippen LogP contribution >= 0.6 is 0 Å². The molecule has 1 saturated carbocycles. The van der Waals surface area contributed by atoms with Crippen molar-refractivity contribution >= 4 is 5.57 Å². The van der Waals surface area contributed by atoms with Gasteiger partial charge in [-0.05, 0) is 49.7 Å². The molecule has 2 rings (SSSR count). The van der Waals surface area contributed by atoms with Crippen molar-refractivity contribution in [2.75, 3.05) is 0 Å². The highest BCUT2D eigenvalue weighted by atomic mass is 14.2. The van der Waals surface area contributed by atoms with Crippen LogP contribution in [0.2, 0.25) is 0 Å². The monoisotopic (exact) mass is 282 g/mol. The first-order valence-electron chi connectivity index (χ1n) is 8.72. The molecule has 0 radical (unpaired) electrons. The van der Waals surface area contributed by atoms with Crippen molar-refractivity contribution < 1.29 is 0 Å². The van der Waals surface area contributed by atoms with E-state index in [-0.39, 0.29) is 0 Å². The van der Waals surface area contributed by atoms with E-state index in [0.717, 1.165) is 12.3 Å².